The van der Waals surface area contributed by atoms with Gasteiger partial charge >= 0.3 is 5.97 Å². The Labute approximate surface area is 225 Å². The van der Waals surface area contributed by atoms with Crippen LogP contribution >= 0.6 is 0 Å². The number of carboxylic acid groups (broad SMARTS) is 1. The van der Waals surface area contributed by atoms with Crippen molar-refractivity contribution >= 4 is 21.5 Å². The maximum Gasteiger partial charge on any atom is 0.307 e. The summed E-state index contributed by atoms with van der Waals surface area (Å²) in [5.74, 6) is 0.339. The van der Waals surface area contributed by atoms with Gasteiger partial charge in [0.05, 0.1) is 18.3 Å². The summed E-state index contributed by atoms with van der Waals surface area (Å²) in [6.45, 7) is 2.77. The van der Waals surface area contributed by atoms with Crippen LogP contribution in [0.15, 0.2) is 60.7 Å². The van der Waals surface area contributed by atoms with Crippen LogP contribution in [0.2, 0.25) is 0 Å². The molecule has 2 atom stereocenters. The van der Waals surface area contributed by atoms with Gasteiger partial charge in [-0.15, -0.1) is 0 Å². The van der Waals surface area contributed by atoms with E-state index < -0.39 is 15.8 Å². The number of rotatable bonds is 11. The summed E-state index contributed by atoms with van der Waals surface area (Å²) in [6, 6.07) is 21.1. The zero-order valence-corrected chi connectivity index (χ0v) is 22.6. The molecule has 2 aliphatic rings. The van der Waals surface area contributed by atoms with Crippen molar-refractivity contribution in [3.05, 3.63) is 82.9 Å². The van der Waals surface area contributed by atoms with Crippen molar-refractivity contribution in [1.29, 1.82) is 0 Å². The quantitative estimate of drug-likeness (QED) is 0.301. The average Bonchev–Trinajstić information content (AvgIpc) is 3.74. The Balaban J connectivity index is 1.23. The molecule has 0 amide bonds. The molecule has 0 saturated heterocycles. The summed E-state index contributed by atoms with van der Waals surface area (Å²) in [6.07, 6.45) is 4.32. The molecule has 2 aliphatic carbocycles. The number of anilines is 1. The van der Waals surface area contributed by atoms with Crippen molar-refractivity contribution in [2.45, 2.75) is 51.5 Å². The molecule has 7 heteroatoms. The van der Waals surface area contributed by atoms with Crippen LogP contribution in [-0.2, 0) is 34.0 Å². The summed E-state index contributed by atoms with van der Waals surface area (Å²) >= 11 is 0. The van der Waals surface area contributed by atoms with E-state index in [9.17, 15) is 13.2 Å². The number of carbonyl (C=O) groups is 1. The van der Waals surface area contributed by atoms with E-state index in [1.807, 2.05) is 30.3 Å². The number of aryl methyl sites for hydroxylation is 2. The Kier molecular flexibility index (Phi) is 7.75. The zero-order chi connectivity index (χ0) is 26.7. The Bertz CT molecular complexity index is 1410. The van der Waals surface area contributed by atoms with Crippen molar-refractivity contribution < 1.29 is 23.1 Å². The van der Waals surface area contributed by atoms with Crippen molar-refractivity contribution in [2.24, 2.45) is 5.92 Å². The molecule has 0 aliphatic heterocycles. The van der Waals surface area contributed by atoms with Gasteiger partial charge in [-0.25, -0.2) is 8.42 Å². The van der Waals surface area contributed by atoms with E-state index in [1.54, 1.807) is 6.92 Å². The molecule has 0 heterocycles. The first kappa shape index (κ1) is 26.3. The number of sulfone groups is 1. The van der Waals surface area contributed by atoms with Crippen LogP contribution < -0.4 is 10.1 Å². The van der Waals surface area contributed by atoms with Crippen LogP contribution in [0, 0.1) is 5.92 Å². The van der Waals surface area contributed by atoms with E-state index >= 15 is 0 Å². The number of fused-ring (bicyclic) bond motifs is 3. The molecule has 3 aromatic carbocycles. The third-order valence-corrected chi connectivity index (χ3v) is 9.48. The molecule has 38 heavy (non-hydrogen) atoms. The van der Waals surface area contributed by atoms with E-state index in [2.05, 4.69) is 35.6 Å². The Morgan fingerprint density at radius 2 is 1.79 bits per heavy atom. The highest BCUT2D eigenvalue weighted by molar-refractivity contribution is 7.91. The van der Waals surface area contributed by atoms with E-state index in [0.717, 1.165) is 42.7 Å². The Morgan fingerprint density at radius 1 is 1.00 bits per heavy atom. The largest absolute Gasteiger partial charge is 0.494 e. The van der Waals surface area contributed by atoms with Crippen LogP contribution in [0.1, 0.15) is 54.4 Å². The molecule has 0 unspecified atom stereocenters. The van der Waals surface area contributed by atoms with Gasteiger partial charge in [0.2, 0.25) is 0 Å². The third kappa shape index (κ3) is 6.21. The molecule has 3 aromatic rings. The van der Waals surface area contributed by atoms with Crippen molar-refractivity contribution in [3.63, 3.8) is 0 Å². The molecule has 5 rings (SSSR count). The molecule has 2 N–H and O–H groups in total. The molecule has 0 aromatic heterocycles. The number of carboxylic acids is 1. The molecule has 1 fully saturated rings. The van der Waals surface area contributed by atoms with E-state index in [1.165, 1.54) is 27.8 Å². The monoisotopic (exact) mass is 533 g/mol. The van der Waals surface area contributed by atoms with Gasteiger partial charge in [-0.1, -0.05) is 37.3 Å². The molecule has 6 nitrogen and oxygen atoms in total. The molecule has 0 radical (unpaired) electrons. The number of benzene rings is 3. The van der Waals surface area contributed by atoms with Gasteiger partial charge in [0.15, 0.2) is 0 Å². The molecule has 1 saturated carbocycles. The topological polar surface area (TPSA) is 92.7 Å². The fraction of sp³-hybridized carbons (Fsp3) is 0.387. The van der Waals surface area contributed by atoms with Crippen molar-refractivity contribution in [3.8, 4) is 16.9 Å². The van der Waals surface area contributed by atoms with Gasteiger partial charge in [0, 0.05) is 18.0 Å². The van der Waals surface area contributed by atoms with Crippen LogP contribution in [0.3, 0.4) is 0 Å². The van der Waals surface area contributed by atoms with E-state index in [-0.39, 0.29) is 23.3 Å². The second-order valence-corrected chi connectivity index (χ2v) is 12.8. The highest BCUT2D eigenvalue weighted by atomic mass is 32.2. The molecular weight excluding hydrogens is 498 g/mol. The highest BCUT2D eigenvalue weighted by Crippen LogP contribution is 2.47. The zero-order valence-electron chi connectivity index (χ0n) is 21.8. The van der Waals surface area contributed by atoms with Crippen LogP contribution in [-0.4, -0.2) is 37.6 Å². The predicted octanol–water partition coefficient (Wildman–Crippen LogP) is 5.85. The minimum Gasteiger partial charge on any atom is -0.494 e. The Morgan fingerprint density at radius 3 is 2.53 bits per heavy atom. The maximum absolute atomic E-state index is 11.7. The average molecular weight is 534 g/mol. The van der Waals surface area contributed by atoms with Gasteiger partial charge in [-0.2, -0.15) is 0 Å². The van der Waals surface area contributed by atoms with Gasteiger partial charge in [0.25, 0.3) is 0 Å². The van der Waals surface area contributed by atoms with Gasteiger partial charge < -0.3 is 15.2 Å². The minimum absolute atomic E-state index is 0.148. The van der Waals surface area contributed by atoms with Gasteiger partial charge in [0.1, 0.15) is 15.6 Å². The number of hydrogen-bond donors (Lipinski definition) is 2. The van der Waals surface area contributed by atoms with Gasteiger partial charge in [-0.05, 0) is 102 Å². The number of nitrogens with one attached hydrogen (secondary N) is 1. The normalized spacial score (nSPS) is 18.1. The minimum atomic E-state index is -2.97. The second-order valence-electron chi connectivity index (χ2n) is 10.4. The lowest BCUT2D eigenvalue weighted by Crippen LogP contribution is -2.11. The smallest absolute Gasteiger partial charge is 0.307 e. The SMILES string of the molecule is CCS(=O)(=O)CCCOc1ccc2c(c1)CCCc1ccc(CNc3ccc([C@H]4C[C@@H]4C(=O)O)cc3)cc1-2. The highest BCUT2D eigenvalue weighted by Gasteiger charge is 2.44. The van der Waals surface area contributed by atoms with Crippen LogP contribution in [0.25, 0.3) is 11.1 Å². The lowest BCUT2D eigenvalue weighted by atomic mass is 9.94. The lowest BCUT2D eigenvalue weighted by molar-refractivity contribution is -0.138. The molecule has 200 valence electrons. The Hall–Kier alpha value is -3.32. The molecule has 0 bridgehead atoms. The maximum atomic E-state index is 11.7. The first-order valence-corrected chi connectivity index (χ1v) is 15.3. The fourth-order valence-electron chi connectivity index (χ4n) is 5.30. The summed E-state index contributed by atoms with van der Waals surface area (Å²) in [5.41, 5.74) is 8.44. The summed E-state index contributed by atoms with van der Waals surface area (Å²) < 4.78 is 29.3. The van der Waals surface area contributed by atoms with Gasteiger partial charge in [-0.3, -0.25) is 4.79 Å². The number of aliphatic carboxylic acids is 1. The standard InChI is InChI=1S/C31H35NO5S/c1-2-38(35,36)16-4-15-37-26-13-14-27-24(18-26)6-3-5-22-8-7-21(17-28(22)27)20-32-25-11-9-23(10-12-25)29-19-30(29)31(33)34/h7-14,17-18,29-30,32H,2-6,15-16,19-20H2,1H3,(H,33,34)/t29-,30+/m1/s1. The summed E-state index contributed by atoms with van der Waals surface area (Å²) in [7, 11) is -2.97. The predicted molar refractivity (Wildman–Crippen MR) is 151 cm³/mol. The van der Waals surface area contributed by atoms with Crippen molar-refractivity contribution in [1.82, 2.24) is 0 Å². The number of ether oxygens (including phenoxy) is 1. The van der Waals surface area contributed by atoms with Crippen LogP contribution in [0.5, 0.6) is 5.75 Å². The molecular formula is C31H35NO5S. The summed E-state index contributed by atoms with van der Waals surface area (Å²) in [4.78, 5) is 11.1. The van der Waals surface area contributed by atoms with Crippen LogP contribution in [0.4, 0.5) is 5.69 Å². The molecule has 0 spiro atoms. The van der Waals surface area contributed by atoms with Crippen molar-refractivity contribution in [2.75, 3.05) is 23.4 Å². The second kappa shape index (κ2) is 11.2. The van der Waals surface area contributed by atoms with E-state index in [4.69, 9.17) is 9.84 Å². The number of hydrogen-bond acceptors (Lipinski definition) is 5. The first-order valence-electron chi connectivity index (χ1n) is 13.5. The lowest BCUT2D eigenvalue weighted by Gasteiger charge is -2.14. The summed E-state index contributed by atoms with van der Waals surface area (Å²) in [5, 5.41) is 12.7. The third-order valence-electron chi connectivity index (χ3n) is 7.68. The fourth-order valence-corrected chi connectivity index (χ4v) is 6.15. The van der Waals surface area contributed by atoms with E-state index in [0.29, 0.717) is 19.6 Å². The first-order chi connectivity index (χ1) is 18.3.